The zero-order valence-corrected chi connectivity index (χ0v) is 20.4. The lowest BCUT2D eigenvalue weighted by atomic mass is 9.93. The lowest BCUT2D eigenvalue weighted by Crippen LogP contribution is -2.27. The molecule has 0 saturated heterocycles. The molecule has 33 heavy (non-hydrogen) atoms. The predicted octanol–water partition coefficient (Wildman–Crippen LogP) is 6.05. The van der Waals surface area contributed by atoms with Gasteiger partial charge in [0.1, 0.15) is 0 Å². The molecule has 0 spiro atoms. The van der Waals surface area contributed by atoms with Gasteiger partial charge in [-0.15, -0.1) is 0 Å². The van der Waals surface area contributed by atoms with Crippen molar-refractivity contribution in [3.05, 3.63) is 57.9 Å². The van der Waals surface area contributed by atoms with E-state index < -0.39 is 0 Å². The quantitative estimate of drug-likeness (QED) is 0.489. The van der Waals surface area contributed by atoms with E-state index in [9.17, 15) is 9.59 Å². The van der Waals surface area contributed by atoms with Crippen molar-refractivity contribution in [2.45, 2.75) is 58.4 Å². The van der Waals surface area contributed by atoms with Gasteiger partial charge in [-0.2, -0.15) is 0 Å². The van der Waals surface area contributed by atoms with Crippen LogP contribution in [0.2, 0.25) is 0 Å². The molecular weight excluding hydrogens is 457 g/mol. The summed E-state index contributed by atoms with van der Waals surface area (Å²) in [5.41, 5.74) is 3.22. The molecule has 0 aromatic rings. The van der Waals surface area contributed by atoms with Crippen LogP contribution < -0.4 is 0 Å². The summed E-state index contributed by atoms with van der Waals surface area (Å²) in [5.74, 6) is 0.457. The van der Waals surface area contributed by atoms with Crippen LogP contribution in [-0.2, 0) is 9.59 Å². The van der Waals surface area contributed by atoms with Crippen LogP contribution in [0.4, 0.5) is 0 Å². The third-order valence-electron chi connectivity index (χ3n) is 6.20. The van der Waals surface area contributed by atoms with E-state index in [0.29, 0.717) is 57.6 Å². The molecule has 0 amide bonds. The Morgan fingerprint density at radius 1 is 1.00 bits per heavy atom. The van der Waals surface area contributed by atoms with Crippen molar-refractivity contribution < 1.29 is 9.59 Å². The molecule has 0 bridgehead atoms. The van der Waals surface area contributed by atoms with Crippen LogP contribution >= 0.6 is 23.2 Å². The number of hydrogen-bond donors (Lipinski definition) is 0. The smallest absolute Gasteiger partial charge is 0.202 e. The van der Waals surface area contributed by atoms with E-state index in [2.05, 4.69) is 31.0 Å². The number of hydrogen-bond acceptors (Lipinski definition) is 5. The minimum atomic E-state index is -0.384. The number of nitrogens with zero attached hydrogens (tertiary/aromatic N) is 3. The number of allylic oxidation sites excluding steroid dienone is 8. The highest BCUT2D eigenvalue weighted by Gasteiger charge is 2.28. The van der Waals surface area contributed by atoms with E-state index in [-0.39, 0.29) is 24.0 Å². The standard InChI is InChI=1S/C26H27Cl2N3O2/c1-15-7-9-21(18(27)11-15)30-23-13-25(31-22-10-8-17(32)12-19(22)28)26(33)14-24(23)29-20-6-4-3-5-16(20)2/h4,6-7,9,12,14-16,22H,3,5,8,10-11,13H2,1-2H3. The fourth-order valence-corrected chi connectivity index (χ4v) is 4.80. The Labute approximate surface area is 204 Å². The van der Waals surface area contributed by atoms with Gasteiger partial charge in [0.15, 0.2) is 5.78 Å². The lowest BCUT2D eigenvalue weighted by molar-refractivity contribution is -0.115. The van der Waals surface area contributed by atoms with Gasteiger partial charge in [-0.05, 0) is 55.7 Å². The first-order chi connectivity index (χ1) is 15.8. The highest BCUT2D eigenvalue weighted by Crippen LogP contribution is 2.30. The first-order valence-electron chi connectivity index (χ1n) is 11.4. The summed E-state index contributed by atoms with van der Waals surface area (Å²) in [6, 6.07) is -0.384. The van der Waals surface area contributed by atoms with Crippen LogP contribution in [0.15, 0.2) is 72.9 Å². The molecule has 3 unspecified atom stereocenters. The van der Waals surface area contributed by atoms with Crippen molar-refractivity contribution in [2.75, 3.05) is 0 Å². The molecule has 3 atom stereocenters. The molecule has 0 aromatic heterocycles. The summed E-state index contributed by atoms with van der Waals surface area (Å²) in [6.07, 6.45) is 15.0. The maximum Gasteiger partial charge on any atom is 0.202 e. The van der Waals surface area contributed by atoms with E-state index in [1.807, 2.05) is 12.2 Å². The third kappa shape index (κ3) is 5.77. The molecule has 0 radical (unpaired) electrons. The monoisotopic (exact) mass is 483 g/mol. The zero-order valence-electron chi connectivity index (χ0n) is 18.9. The third-order valence-corrected chi connectivity index (χ3v) is 6.91. The molecule has 172 valence electrons. The van der Waals surface area contributed by atoms with Crippen LogP contribution in [-0.4, -0.2) is 34.7 Å². The molecule has 0 aromatic carbocycles. The Morgan fingerprint density at radius 2 is 1.82 bits per heavy atom. The number of aliphatic imine (C=N–C) groups is 3. The van der Waals surface area contributed by atoms with Gasteiger partial charge < -0.3 is 0 Å². The van der Waals surface area contributed by atoms with Gasteiger partial charge in [-0.25, -0.2) is 4.99 Å². The lowest BCUT2D eigenvalue weighted by Gasteiger charge is -2.21. The fraction of sp³-hybridized carbons (Fsp3) is 0.423. The van der Waals surface area contributed by atoms with Gasteiger partial charge in [0.25, 0.3) is 0 Å². The van der Waals surface area contributed by atoms with E-state index in [1.165, 1.54) is 12.2 Å². The summed E-state index contributed by atoms with van der Waals surface area (Å²) in [6.45, 7) is 4.24. The topological polar surface area (TPSA) is 71.2 Å². The average Bonchev–Trinajstić information content (AvgIpc) is 2.76. The number of carbonyl (C=O) groups excluding carboxylic acids is 2. The summed E-state index contributed by atoms with van der Waals surface area (Å²) in [7, 11) is 0. The maximum absolute atomic E-state index is 13.0. The van der Waals surface area contributed by atoms with E-state index in [1.54, 1.807) is 0 Å². The van der Waals surface area contributed by atoms with Crippen LogP contribution in [0.3, 0.4) is 0 Å². The van der Waals surface area contributed by atoms with Crippen LogP contribution in [0, 0.1) is 11.8 Å². The van der Waals surface area contributed by atoms with Gasteiger partial charge >= 0.3 is 0 Å². The molecule has 0 aliphatic heterocycles. The summed E-state index contributed by atoms with van der Waals surface area (Å²) in [4.78, 5) is 38.9. The largest absolute Gasteiger partial charge is 0.295 e. The van der Waals surface area contributed by atoms with Crippen molar-refractivity contribution in [2.24, 2.45) is 26.8 Å². The highest BCUT2D eigenvalue weighted by atomic mass is 35.5. The van der Waals surface area contributed by atoms with Crippen molar-refractivity contribution in [1.29, 1.82) is 0 Å². The molecule has 0 heterocycles. The molecular formula is C26H27Cl2N3O2. The van der Waals surface area contributed by atoms with Gasteiger partial charge in [-0.3, -0.25) is 19.6 Å². The Morgan fingerprint density at radius 3 is 2.55 bits per heavy atom. The SMILES string of the molecule is CC1C=CC(N=C2CC(=NC3CCC(=O)C=C3Cl)C(=O)C=C2N=C2C=CCCC2C)=C(Cl)C1. The summed E-state index contributed by atoms with van der Waals surface area (Å²) in [5, 5.41) is 1.07. The minimum Gasteiger partial charge on any atom is -0.295 e. The maximum atomic E-state index is 13.0. The normalized spacial score (nSPS) is 32.1. The van der Waals surface area contributed by atoms with Gasteiger partial charge in [0.05, 0.1) is 28.9 Å². The Kier molecular flexibility index (Phi) is 7.40. The molecule has 4 aliphatic carbocycles. The van der Waals surface area contributed by atoms with Crippen molar-refractivity contribution >= 4 is 51.9 Å². The van der Waals surface area contributed by atoms with E-state index in [0.717, 1.165) is 25.0 Å². The Hall–Kier alpha value is -2.37. The van der Waals surface area contributed by atoms with E-state index >= 15 is 0 Å². The summed E-state index contributed by atoms with van der Waals surface area (Å²) < 4.78 is 0. The molecule has 0 N–H and O–H groups in total. The number of rotatable bonds is 3. The van der Waals surface area contributed by atoms with Crippen LogP contribution in [0.25, 0.3) is 0 Å². The first-order valence-corrected chi connectivity index (χ1v) is 12.2. The Bertz CT molecular complexity index is 1120. The first kappa shape index (κ1) is 23.8. The van der Waals surface area contributed by atoms with Crippen LogP contribution in [0.5, 0.6) is 0 Å². The minimum absolute atomic E-state index is 0.0128. The summed E-state index contributed by atoms with van der Waals surface area (Å²) >= 11 is 12.8. The second-order valence-electron chi connectivity index (χ2n) is 9.00. The van der Waals surface area contributed by atoms with Gasteiger partial charge in [0.2, 0.25) is 5.78 Å². The second-order valence-corrected chi connectivity index (χ2v) is 9.90. The number of carbonyl (C=O) groups is 2. The van der Waals surface area contributed by atoms with Crippen LogP contribution in [0.1, 0.15) is 52.4 Å². The molecule has 7 heteroatoms. The molecule has 4 aliphatic rings. The zero-order chi connectivity index (χ0) is 23.5. The van der Waals surface area contributed by atoms with Crippen molar-refractivity contribution in [3.8, 4) is 0 Å². The average molecular weight is 484 g/mol. The number of halogens is 2. The predicted molar refractivity (Wildman–Crippen MR) is 135 cm³/mol. The Balaban J connectivity index is 1.74. The van der Waals surface area contributed by atoms with E-state index in [4.69, 9.17) is 33.2 Å². The molecule has 0 saturated carbocycles. The van der Waals surface area contributed by atoms with Gasteiger partial charge in [0, 0.05) is 34.7 Å². The molecule has 0 fully saturated rings. The van der Waals surface area contributed by atoms with Gasteiger partial charge in [-0.1, -0.05) is 49.2 Å². The second kappa shape index (κ2) is 10.3. The molecule has 4 rings (SSSR count). The highest BCUT2D eigenvalue weighted by molar-refractivity contribution is 6.51. The fourth-order valence-electron chi connectivity index (χ4n) is 4.18. The van der Waals surface area contributed by atoms with Crippen molar-refractivity contribution in [1.82, 2.24) is 0 Å². The number of ketones is 2. The van der Waals surface area contributed by atoms with Crippen molar-refractivity contribution in [3.63, 3.8) is 0 Å². The molecule has 5 nitrogen and oxygen atoms in total.